The van der Waals surface area contributed by atoms with Crippen molar-refractivity contribution in [3.8, 4) is 5.75 Å². The highest BCUT2D eigenvalue weighted by Gasteiger charge is 2.34. The van der Waals surface area contributed by atoms with Gasteiger partial charge in [0.15, 0.2) is 0 Å². The molecule has 0 bridgehead atoms. The van der Waals surface area contributed by atoms with E-state index in [0.717, 1.165) is 41.0 Å². The highest BCUT2D eigenvalue weighted by molar-refractivity contribution is 5.91. The number of rotatable bonds is 15. The Morgan fingerprint density at radius 3 is 1.97 bits per heavy atom. The standard InChI is InChI=1S/C31H39F3NO/c1-2-3-4-5-6-7-8-9-10-15-22-36-30-21-20-24(25-16-11-12-17-26(25)30)23-29(35)27-18-13-14-19-28(27)31(32,33)34/h11-14,16-21,29,35H,2-10,15,22-23H2,1H3. The van der Waals surface area contributed by atoms with Crippen LogP contribution < -0.4 is 10.5 Å². The molecule has 1 N–H and O–H groups in total. The van der Waals surface area contributed by atoms with Gasteiger partial charge < -0.3 is 4.74 Å². The molecule has 0 spiro atoms. The number of hydrogen-bond acceptors (Lipinski definition) is 1. The molecular formula is C31H39F3NO. The summed E-state index contributed by atoms with van der Waals surface area (Å²) in [5.74, 6) is 0.794. The predicted molar refractivity (Wildman–Crippen MR) is 142 cm³/mol. The van der Waals surface area contributed by atoms with Crippen LogP contribution in [0.25, 0.3) is 10.8 Å². The minimum Gasteiger partial charge on any atom is -0.493 e. The first-order valence-corrected chi connectivity index (χ1v) is 13.4. The molecule has 3 rings (SSSR count). The fourth-order valence-electron chi connectivity index (χ4n) is 4.80. The van der Waals surface area contributed by atoms with Gasteiger partial charge in [0.1, 0.15) is 5.75 Å². The smallest absolute Gasteiger partial charge is 0.416 e. The van der Waals surface area contributed by atoms with Gasteiger partial charge in [-0.2, -0.15) is 13.2 Å². The molecule has 0 aliphatic heterocycles. The van der Waals surface area contributed by atoms with Crippen molar-refractivity contribution < 1.29 is 17.9 Å². The van der Waals surface area contributed by atoms with Gasteiger partial charge in [0.05, 0.1) is 18.2 Å². The zero-order valence-corrected chi connectivity index (χ0v) is 21.4. The van der Waals surface area contributed by atoms with E-state index in [2.05, 4.69) is 6.92 Å². The second-order valence-corrected chi connectivity index (χ2v) is 9.64. The molecule has 0 amide bonds. The average Bonchev–Trinajstić information content (AvgIpc) is 2.87. The van der Waals surface area contributed by atoms with Crippen LogP contribution in [0, 0.1) is 0 Å². The van der Waals surface area contributed by atoms with E-state index in [0.29, 0.717) is 6.61 Å². The van der Waals surface area contributed by atoms with Crippen molar-refractivity contribution in [2.75, 3.05) is 6.61 Å². The van der Waals surface area contributed by atoms with Crippen molar-refractivity contribution in [2.45, 2.75) is 89.8 Å². The fraction of sp³-hybridized carbons (Fsp3) is 0.484. The summed E-state index contributed by atoms with van der Waals surface area (Å²) in [5.41, 5.74) is 8.65. The fourth-order valence-corrected chi connectivity index (χ4v) is 4.80. The molecule has 1 atom stereocenters. The summed E-state index contributed by atoms with van der Waals surface area (Å²) < 4.78 is 46.4. The van der Waals surface area contributed by atoms with Crippen LogP contribution in [-0.4, -0.2) is 6.61 Å². The number of alkyl halides is 3. The van der Waals surface area contributed by atoms with E-state index in [-0.39, 0.29) is 12.0 Å². The number of halogens is 3. The maximum atomic E-state index is 13.4. The van der Waals surface area contributed by atoms with E-state index >= 15 is 0 Å². The van der Waals surface area contributed by atoms with Gasteiger partial charge in [-0.25, -0.2) is 5.73 Å². The number of benzene rings is 3. The molecule has 5 heteroatoms. The van der Waals surface area contributed by atoms with E-state index in [1.807, 2.05) is 36.4 Å². The monoisotopic (exact) mass is 498 g/mol. The van der Waals surface area contributed by atoms with Crippen molar-refractivity contribution in [1.29, 1.82) is 0 Å². The second-order valence-electron chi connectivity index (χ2n) is 9.64. The molecule has 0 heterocycles. The van der Waals surface area contributed by atoms with Crippen LogP contribution in [-0.2, 0) is 12.6 Å². The molecule has 0 saturated heterocycles. The Morgan fingerprint density at radius 1 is 0.722 bits per heavy atom. The molecule has 1 unspecified atom stereocenters. The van der Waals surface area contributed by atoms with E-state index in [1.165, 1.54) is 63.5 Å². The van der Waals surface area contributed by atoms with Crippen molar-refractivity contribution in [3.05, 3.63) is 77.4 Å². The molecule has 3 aromatic carbocycles. The first-order valence-electron chi connectivity index (χ1n) is 13.4. The Labute approximate surface area is 214 Å². The van der Waals surface area contributed by atoms with Gasteiger partial charge in [-0.05, 0) is 41.5 Å². The van der Waals surface area contributed by atoms with Gasteiger partial charge in [0.25, 0.3) is 0 Å². The maximum absolute atomic E-state index is 13.4. The van der Waals surface area contributed by atoms with Crippen LogP contribution in [0.4, 0.5) is 13.2 Å². The Morgan fingerprint density at radius 2 is 1.31 bits per heavy atom. The molecule has 2 nitrogen and oxygen atoms in total. The lowest BCUT2D eigenvalue weighted by molar-refractivity contribution is -0.138. The molecule has 1 radical (unpaired) electrons. The summed E-state index contributed by atoms with van der Waals surface area (Å²) >= 11 is 0. The Kier molecular flexibility index (Phi) is 11.1. The SMILES string of the molecule is CCCCCCCCCCCCOc1ccc(CC([NH])c2ccccc2C(F)(F)F)c2ccccc12. The third-order valence-electron chi connectivity index (χ3n) is 6.80. The predicted octanol–water partition coefficient (Wildman–Crippen LogP) is 9.72. The lowest BCUT2D eigenvalue weighted by atomic mass is 9.92. The normalized spacial score (nSPS) is 12.7. The van der Waals surface area contributed by atoms with Crippen molar-refractivity contribution in [2.24, 2.45) is 0 Å². The van der Waals surface area contributed by atoms with Gasteiger partial charge >= 0.3 is 6.18 Å². The van der Waals surface area contributed by atoms with E-state index < -0.39 is 17.8 Å². The molecule has 0 aliphatic carbocycles. The molecule has 0 fully saturated rings. The number of ether oxygens (including phenoxy) is 1. The molecule has 3 aromatic rings. The largest absolute Gasteiger partial charge is 0.493 e. The van der Waals surface area contributed by atoms with Crippen LogP contribution in [0.3, 0.4) is 0 Å². The van der Waals surface area contributed by atoms with Crippen molar-refractivity contribution in [3.63, 3.8) is 0 Å². The zero-order valence-electron chi connectivity index (χ0n) is 21.4. The Balaban J connectivity index is 1.55. The van der Waals surface area contributed by atoms with Crippen LogP contribution in [0.15, 0.2) is 60.7 Å². The molecule has 0 saturated carbocycles. The lowest BCUT2D eigenvalue weighted by Gasteiger charge is -2.19. The number of nitrogens with one attached hydrogen (secondary N) is 1. The first-order chi connectivity index (χ1) is 17.4. The minimum absolute atomic E-state index is 0.00960. The van der Waals surface area contributed by atoms with Crippen molar-refractivity contribution >= 4 is 10.8 Å². The quantitative estimate of drug-likeness (QED) is 0.192. The third-order valence-corrected chi connectivity index (χ3v) is 6.80. The second kappa shape index (κ2) is 14.3. The summed E-state index contributed by atoms with van der Waals surface area (Å²) in [6.45, 7) is 2.90. The summed E-state index contributed by atoms with van der Waals surface area (Å²) in [6.07, 6.45) is 8.45. The van der Waals surface area contributed by atoms with Gasteiger partial charge in [-0.15, -0.1) is 0 Å². The zero-order chi connectivity index (χ0) is 25.8. The minimum atomic E-state index is -4.47. The molecule has 0 aromatic heterocycles. The summed E-state index contributed by atoms with van der Waals surface area (Å²) in [7, 11) is 0. The maximum Gasteiger partial charge on any atom is 0.416 e. The van der Waals surface area contributed by atoms with Gasteiger partial charge in [-0.1, -0.05) is 113 Å². The number of hydrogen-bond donors (Lipinski definition) is 0. The average molecular weight is 499 g/mol. The van der Waals surface area contributed by atoms with Crippen molar-refractivity contribution in [1.82, 2.24) is 5.73 Å². The number of unbranched alkanes of at least 4 members (excludes halogenated alkanes) is 9. The van der Waals surface area contributed by atoms with E-state index in [9.17, 15) is 13.2 Å². The summed E-state index contributed by atoms with van der Waals surface area (Å²) in [4.78, 5) is 0. The summed E-state index contributed by atoms with van der Waals surface area (Å²) in [5, 5.41) is 1.87. The van der Waals surface area contributed by atoms with Gasteiger partial charge in [0.2, 0.25) is 0 Å². The van der Waals surface area contributed by atoms with Gasteiger partial charge in [0, 0.05) is 5.39 Å². The molecular weight excluding hydrogens is 459 g/mol. The molecule has 0 aliphatic rings. The summed E-state index contributed by atoms with van der Waals surface area (Å²) in [6, 6.07) is 16.0. The third kappa shape index (κ3) is 8.26. The molecule has 36 heavy (non-hydrogen) atoms. The highest BCUT2D eigenvalue weighted by atomic mass is 19.4. The highest BCUT2D eigenvalue weighted by Crippen LogP contribution is 2.36. The topological polar surface area (TPSA) is 33.0 Å². The Hall–Kier alpha value is -2.53. The number of fused-ring (bicyclic) bond motifs is 1. The first kappa shape index (κ1) is 28.0. The van der Waals surface area contributed by atoms with E-state index in [1.54, 1.807) is 6.07 Å². The van der Waals surface area contributed by atoms with E-state index in [4.69, 9.17) is 10.5 Å². The Bertz CT molecular complexity index is 1060. The van der Waals surface area contributed by atoms with Crippen LogP contribution >= 0.6 is 0 Å². The molecule has 195 valence electrons. The van der Waals surface area contributed by atoms with Gasteiger partial charge in [-0.3, -0.25) is 0 Å². The van der Waals surface area contributed by atoms with Crippen LogP contribution in [0.1, 0.15) is 93.9 Å². The van der Waals surface area contributed by atoms with Crippen LogP contribution in [0.2, 0.25) is 0 Å². The lowest BCUT2D eigenvalue weighted by Crippen LogP contribution is -2.14. The van der Waals surface area contributed by atoms with Crippen LogP contribution in [0.5, 0.6) is 5.75 Å².